The van der Waals surface area contributed by atoms with Crippen LogP contribution in [0, 0.1) is 11.3 Å². The summed E-state index contributed by atoms with van der Waals surface area (Å²) in [5.41, 5.74) is 2.46. The van der Waals surface area contributed by atoms with E-state index in [2.05, 4.69) is 36.4 Å². The van der Waals surface area contributed by atoms with E-state index < -0.39 is 0 Å². The van der Waals surface area contributed by atoms with Gasteiger partial charge in [-0.2, -0.15) is 5.26 Å². The van der Waals surface area contributed by atoms with Crippen molar-refractivity contribution in [1.82, 2.24) is 0 Å². The minimum atomic E-state index is 0.221. The molecule has 0 radical (unpaired) electrons. The molecule has 1 heterocycles. The van der Waals surface area contributed by atoms with Crippen molar-refractivity contribution in [2.75, 3.05) is 6.79 Å². The molecule has 0 bridgehead atoms. The molecule has 27 heavy (non-hydrogen) atoms. The maximum absolute atomic E-state index is 9.84. The second-order valence-electron chi connectivity index (χ2n) is 6.47. The summed E-state index contributed by atoms with van der Waals surface area (Å²) in [7, 11) is 0. The first-order chi connectivity index (χ1) is 13.3. The number of rotatable bonds is 2. The molecule has 0 spiro atoms. The fourth-order valence-corrected chi connectivity index (χ4v) is 3.59. The fraction of sp³-hybridized carbons (Fsp3) is 0.0417. The third-order valence-corrected chi connectivity index (χ3v) is 4.91. The lowest BCUT2D eigenvalue weighted by Gasteiger charge is -2.09. The van der Waals surface area contributed by atoms with Gasteiger partial charge in [-0.15, -0.1) is 0 Å². The highest BCUT2D eigenvalue weighted by Gasteiger charge is 2.15. The predicted octanol–water partition coefficient (Wildman–Crippen LogP) is 5.79. The smallest absolute Gasteiger partial charge is 0.231 e. The van der Waals surface area contributed by atoms with Crippen LogP contribution >= 0.6 is 0 Å². The fourth-order valence-electron chi connectivity index (χ4n) is 3.59. The Morgan fingerprint density at radius 3 is 2.19 bits per heavy atom. The number of nitriles is 1. The van der Waals surface area contributed by atoms with Crippen LogP contribution in [-0.2, 0) is 0 Å². The zero-order valence-corrected chi connectivity index (χ0v) is 14.5. The molecule has 0 fully saturated rings. The van der Waals surface area contributed by atoms with Crippen LogP contribution in [0.1, 0.15) is 11.1 Å². The third kappa shape index (κ3) is 2.59. The molecule has 0 amide bonds. The van der Waals surface area contributed by atoms with Crippen LogP contribution in [0.2, 0.25) is 0 Å². The molecule has 0 aliphatic carbocycles. The van der Waals surface area contributed by atoms with Crippen LogP contribution in [0.5, 0.6) is 11.5 Å². The first kappa shape index (κ1) is 15.5. The van der Waals surface area contributed by atoms with Crippen molar-refractivity contribution < 1.29 is 9.47 Å². The van der Waals surface area contributed by atoms with Crippen LogP contribution in [0.4, 0.5) is 0 Å². The first-order valence-corrected chi connectivity index (χ1v) is 8.76. The Morgan fingerprint density at radius 2 is 1.48 bits per heavy atom. The van der Waals surface area contributed by atoms with E-state index in [1.165, 1.54) is 0 Å². The normalized spacial score (nSPS) is 13.1. The summed E-state index contributed by atoms with van der Waals surface area (Å²) in [6, 6.07) is 26.7. The van der Waals surface area contributed by atoms with Gasteiger partial charge in [0.25, 0.3) is 0 Å². The second kappa shape index (κ2) is 6.19. The summed E-state index contributed by atoms with van der Waals surface area (Å²) in [5.74, 6) is 1.39. The van der Waals surface area contributed by atoms with Gasteiger partial charge in [0.1, 0.15) is 0 Å². The van der Waals surface area contributed by atoms with Crippen LogP contribution < -0.4 is 9.47 Å². The highest BCUT2D eigenvalue weighted by molar-refractivity contribution is 6.10. The average molecular weight is 349 g/mol. The van der Waals surface area contributed by atoms with E-state index >= 15 is 0 Å². The molecule has 0 saturated heterocycles. The van der Waals surface area contributed by atoms with E-state index in [4.69, 9.17) is 9.47 Å². The monoisotopic (exact) mass is 349 g/mol. The Hall–Kier alpha value is -3.77. The summed E-state index contributed by atoms with van der Waals surface area (Å²) in [6.07, 6.45) is 1.97. The zero-order valence-electron chi connectivity index (χ0n) is 14.5. The van der Waals surface area contributed by atoms with Gasteiger partial charge in [-0.1, -0.05) is 48.5 Å². The van der Waals surface area contributed by atoms with E-state index in [9.17, 15) is 5.26 Å². The summed E-state index contributed by atoms with van der Waals surface area (Å²) >= 11 is 0. The molecule has 0 saturated carbocycles. The van der Waals surface area contributed by atoms with Crippen molar-refractivity contribution in [3.8, 4) is 17.6 Å². The Labute approximate surface area is 156 Å². The van der Waals surface area contributed by atoms with Crippen molar-refractivity contribution in [2.24, 2.45) is 0 Å². The highest BCUT2D eigenvalue weighted by Crippen LogP contribution is 2.36. The molecule has 0 aromatic heterocycles. The molecule has 1 aliphatic rings. The van der Waals surface area contributed by atoms with E-state index in [0.717, 1.165) is 32.7 Å². The van der Waals surface area contributed by atoms with Crippen LogP contribution in [0.15, 0.2) is 72.8 Å². The lowest BCUT2D eigenvalue weighted by atomic mass is 9.94. The first-order valence-electron chi connectivity index (χ1n) is 8.76. The maximum Gasteiger partial charge on any atom is 0.231 e. The molecule has 128 valence electrons. The van der Waals surface area contributed by atoms with Crippen LogP contribution in [0.25, 0.3) is 33.2 Å². The van der Waals surface area contributed by atoms with Crippen molar-refractivity contribution in [2.45, 2.75) is 0 Å². The number of ether oxygens (including phenoxy) is 2. The SMILES string of the molecule is N#C/C(=C/c1c2ccccc2cc2ccccc12)c1ccc2c(c1)OCO2. The largest absolute Gasteiger partial charge is 0.454 e. The minimum absolute atomic E-state index is 0.221. The molecular weight excluding hydrogens is 334 g/mol. The molecule has 5 rings (SSSR count). The number of allylic oxidation sites excluding steroid dienone is 1. The molecule has 3 heteroatoms. The van der Waals surface area contributed by atoms with Gasteiger partial charge in [0, 0.05) is 0 Å². The van der Waals surface area contributed by atoms with E-state index in [0.29, 0.717) is 17.1 Å². The summed E-state index contributed by atoms with van der Waals surface area (Å²) in [6.45, 7) is 0.221. The second-order valence-corrected chi connectivity index (χ2v) is 6.47. The van der Waals surface area contributed by atoms with Crippen LogP contribution in [0.3, 0.4) is 0 Å². The number of benzene rings is 4. The minimum Gasteiger partial charge on any atom is -0.454 e. The average Bonchev–Trinajstić information content (AvgIpc) is 3.19. The topological polar surface area (TPSA) is 42.2 Å². The molecule has 4 aromatic carbocycles. The van der Waals surface area contributed by atoms with Gasteiger partial charge in [-0.05, 0) is 63.0 Å². The number of nitrogens with zero attached hydrogens (tertiary/aromatic N) is 1. The molecule has 1 aliphatic heterocycles. The van der Waals surface area contributed by atoms with E-state index in [1.807, 2.05) is 48.5 Å². The van der Waals surface area contributed by atoms with Gasteiger partial charge in [0.05, 0.1) is 11.6 Å². The summed E-state index contributed by atoms with van der Waals surface area (Å²) in [4.78, 5) is 0. The predicted molar refractivity (Wildman–Crippen MR) is 108 cm³/mol. The summed E-state index contributed by atoms with van der Waals surface area (Å²) in [5, 5.41) is 14.4. The summed E-state index contributed by atoms with van der Waals surface area (Å²) < 4.78 is 10.8. The van der Waals surface area contributed by atoms with Gasteiger partial charge >= 0.3 is 0 Å². The molecular formula is C24H15NO2. The van der Waals surface area contributed by atoms with Gasteiger partial charge in [0.15, 0.2) is 11.5 Å². The molecule has 4 aromatic rings. The van der Waals surface area contributed by atoms with Crippen molar-refractivity contribution in [3.05, 3.63) is 83.9 Å². The molecule has 3 nitrogen and oxygen atoms in total. The number of hydrogen-bond acceptors (Lipinski definition) is 3. The lowest BCUT2D eigenvalue weighted by molar-refractivity contribution is 0.174. The van der Waals surface area contributed by atoms with Crippen LogP contribution in [-0.4, -0.2) is 6.79 Å². The number of fused-ring (bicyclic) bond motifs is 3. The van der Waals surface area contributed by atoms with Crippen molar-refractivity contribution in [1.29, 1.82) is 5.26 Å². The van der Waals surface area contributed by atoms with Gasteiger partial charge in [-0.3, -0.25) is 0 Å². The Kier molecular flexibility index (Phi) is 3.55. The third-order valence-electron chi connectivity index (χ3n) is 4.91. The zero-order chi connectivity index (χ0) is 18.2. The molecule has 0 N–H and O–H groups in total. The molecule has 0 atom stereocenters. The standard InChI is InChI=1S/C24H15NO2/c25-14-19(16-9-10-23-24(13-16)27-15-26-23)12-22-20-7-3-1-5-17(20)11-18-6-2-4-8-21(18)22/h1-13H,15H2/b19-12-. The van der Waals surface area contributed by atoms with Gasteiger partial charge in [0.2, 0.25) is 6.79 Å². The Morgan fingerprint density at radius 1 is 0.815 bits per heavy atom. The Bertz CT molecular complexity index is 1210. The van der Waals surface area contributed by atoms with Gasteiger partial charge < -0.3 is 9.47 Å². The van der Waals surface area contributed by atoms with Gasteiger partial charge in [-0.25, -0.2) is 0 Å². The Balaban J connectivity index is 1.77. The van der Waals surface area contributed by atoms with Crippen molar-refractivity contribution >= 4 is 33.2 Å². The lowest BCUT2D eigenvalue weighted by Crippen LogP contribution is -1.92. The number of hydrogen-bond donors (Lipinski definition) is 0. The molecule has 0 unspecified atom stereocenters. The maximum atomic E-state index is 9.84. The van der Waals surface area contributed by atoms with E-state index in [-0.39, 0.29) is 6.79 Å². The van der Waals surface area contributed by atoms with Crippen molar-refractivity contribution in [3.63, 3.8) is 0 Å². The van der Waals surface area contributed by atoms with E-state index in [1.54, 1.807) is 0 Å². The quantitative estimate of drug-likeness (QED) is 0.261. The highest BCUT2D eigenvalue weighted by atomic mass is 16.7.